The largest absolute Gasteiger partial charge is 0.339 e. The van der Waals surface area contributed by atoms with Gasteiger partial charge in [0.25, 0.3) is 0 Å². The lowest BCUT2D eigenvalue weighted by molar-refractivity contribution is -0.128. The molecule has 1 aromatic heterocycles. The van der Waals surface area contributed by atoms with Crippen molar-refractivity contribution in [1.82, 2.24) is 15.0 Å². The maximum absolute atomic E-state index is 13.6. The predicted octanol–water partition coefficient (Wildman–Crippen LogP) is 2.17. The van der Waals surface area contributed by atoms with E-state index in [0.717, 1.165) is 6.07 Å². The zero-order chi connectivity index (χ0) is 15.0. The van der Waals surface area contributed by atoms with Gasteiger partial charge in [-0.25, -0.2) is 8.78 Å². The van der Waals surface area contributed by atoms with Crippen molar-refractivity contribution in [1.29, 1.82) is 0 Å². The molecule has 2 heterocycles. The molecule has 0 radical (unpaired) electrons. The van der Waals surface area contributed by atoms with Gasteiger partial charge < -0.3 is 9.42 Å². The second-order valence-corrected chi connectivity index (χ2v) is 5.09. The van der Waals surface area contributed by atoms with Crippen LogP contribution in [0.15, 0.2) is 22.7 Å². The SMILES string of the molecule is Cc1noc(C2CC(=O)N(Cc3ccc(F)cc3F)C2)n1. The highest BCUT2D eigenvalue weighted by Gasteiger charge is 2.34. The number of aromatic nitrogens is 2. The number of likely N-dealkylation sites (tertiary alicyclic amines) is 1. The fraction of sp³-hybridized carbons (Fsp3) is 0.357. The van der Waals surface area contributed by atoms with Crippen molar-refractivity contribution >= 4 is 5.91 Å². The third-order valence-corrected chi connectivity index (χ3v) is 3.48. The van der Waals surface area contributed by atoms with Crippen LogP contribution < -0.4 is 0 Å². The number of carbonyl (C=O) groups excluding carboxylic acids is 1. The number of nitrogens with zero attached hydrogens (tertiary/aromatic N) is 3. The monoisotopic (exact) mass is 293 g/mol. The molecule has 21 heavy (non-hydrogen) atoms. The van der Waals surface area contributed by atoms with Crippen LogP contribution in [-0.4, -0.2) is 27.5 Å². The number of hydrogen-bond acceptors (Lipinski definition) is 4. The highest BCUT2D eigenvalue weighted by molar-refractivity contribution is 5.79. The summed E-state index contributed by atoms with van der Waals surface area (Å²) in [6.45, 7) is 2.20. The molecule has 1 saturated heterocycles. The zero-order valence-corrected chi connectivity index (χ0v) is 11.3. The maximum Gasteiger partial charge on any atom is 0.232 e. The van der Waals surface area contributed by atoms with Crippen LogP contribution in [-0.2, 0) is 11.3 Å². The Labute approximate surface area is 119 Å². The molecule has 1 fully saturated rings. The fourth-order valence-electron chi connectivity index (χ4n) is 2.42. The van der Waals surface area contributed by atoms with Crippen LogP contribution in [0.5, 0.6) is 0 Å². The van der Waals surface area contributed by atoms with Crippen molar-refractivity contribution in [2.75, 3.05) is 6.54 Å². The molecule has 3 rings (SSSR count). The van der Waals surface area contributed by atoms with E-state index < -0.39 is 11.6 Å². The molecule has 1 aliphatic heterocycles. The summed E-state index contributed by atoms with van der Waals surface area (Å²) in [6, 6.07) is 3.34. The van der Waals surface area contributed by atoms with Crippen molar-refractivity contribution in [2.24, 2.45) is 0 Å². The molecule has 1 aromatic carbocycles. The predicted molar refractivity (Wildman–Crippen MR) is 68.2 cm³/mol. The lowest BCUT2D eigenvalue weighted by atomic mass is 10.1. The first-order valence-corrected chi connectivity index (χ1v) is 6.55. The van der Waals surface area contributed by atoms with E-state index in [1.165, 1.54) is 17.0 Å². The number of carbonyl (C=O) groups is 1. The Morgan fingerprint density at radius 2 is 2.24 bits per heavy atom. The molecule has 2 aromatic rings. The first-order valence-electron chi connectivity index (χ1n) is 6.55. The minimum atomic E-state index is -0.653. The molecular weight excluding hydrogens is 280 g/mol. The molecular formula is C14H13F2N3O2. The fourth-order valence-corrected chi connectivity index (χ4v) is 2.42. The Hall–Kier alpha value is -2.31. The number of amides is 1. The van der Waals surface area contributed by atoms with Crippen LogP contribution in [0, 0.1) is 18.6 Å². The molecule has 0 saturated carbocycles. The summed E-state index contributed by atoms with van der Waals surface area (Å²) in [6.07, 6.45) is 0.254. The van der Waals surface area contributed by atoms with E-state index in [2.05, 4.69) is 10.1 Å². The number of halogens is 2. The van der Waals surface area contributed by atoms with Gasteiger partial charge in [0, 0.05) is 31.1 Å². The van der Waals surface area contributed by atoms with Gasteiger partial charge in [-0.05, 0) is 13.0 Å². The Morgan fingerprint density at radius 3 is 2.90 bits per heavy atom. The van der Waals surface area contributed by atoms with Crippen molar-refractivity contribution in [3.63, 3.8) is 0 Å². The Morgan fingerprint density at radius 1 is 1.43 bits per heavy atom. The summed E-state index contributed by atoms with van der Waals surface area (Å²) in [5, 5.41) is 3.70. The highest BCUT2D eigenvalue weighted by Crippen LogP contribution is 2.28. The molecule has 1 unspecified atom stereocenters. The Balaban J connectivity index is 1.73. The van der Waals surface area contributed by atoms with E-state index in [9.17, 15) is 13.6 Å². The van der Waals surface area contributed by atoms with Gasteiger partial charge >= 0.3 is 0 Å². The summed E-state index contributed by atoms with van der Waals surface area (Å²) in [7, 11) is 0. The minimum Gasteiger partial charge on any atom is -0.339 e. The summed E-state index contributed by atoms with van der Waals surface area (Å²) < 4.78 is 31.6. The number of benzene rings is 1. The third kappa shape index (κ3) is 2.76. The first kappa shape index (κ1) is 13.7. The molecule has 1 amide bonds. The Kier molecular flexibility index (Phi) is 3.40. The molecule has 0 bridgehead atoms. The van der Waals surface area contributed by atoms with E-state index in [1.54, 1.807) is 6.92 Å². The van der Waals surface area contributed by atoms with E-state index in [0.29, 0.717) is 18.3 Å². The quantitative estimate of drug-likeness (QED) is 0.870. The van der Waals surface area contributed by atoms with Crippen molar-refractivity contribution in [3.05, 3.63) is 47.1 Å². The van der Waals surface area contributed by atoms with E-state index in [-0.39, 0.29) is 30.4 Å². The maximum atomic E-state index is 13.6. The number of rotatable bonds is 3. The van der Waals surface area contributed by atoms with Gasteiger partial charge in [-0.1, -0.05) is 11.2 Å². The summed E-state index contributed by atoms with van der Waals surface area (Å²) in [5.41, 5.74) is 0.284. The lowest BCUT2D eigenvalue weighted by Crippen LogP contribution is -2.25. The average molecular weight is 293 g/mol. The van der Waals surface area contributed by atoms with Gasteiger partial charge in [0.15, 0.2) is 5.82 Å². The number of aryl methyl sites for hydroxylation is 1. The molecule has 5 nitrogen and oxygen atoms in total. The summed E-state index contributed by atoms with van der Waals surface area (Å²) >= 11 is 0. The lowest BCUT2D eigenvalue weighted by Gasteiger charge is -2.16. The molecule has 0 aliphatic carbocycles. The zero-order valence-electron chi connectivity index (χ0n) is 11.3. The van der Waals surface area contributed by atoms with Gasteiger partial charge in [-0.2, -0.15) is 4.98 Å². The molecule has 110 valence electrons. The van der Waals surface area contributed by atoms with Gasteiger partial charge in [-0.15, -0.1) is 0 Å². The minimum absolute atomic E-state index is 0.106. The van der Waals surface area contributed by atoms with E-state index in [4.69, 9.17) is 4.52 Å². The van der Waals surface area contributed by atoms with E-state index in [1.807, 2.05) is 0 Å². The summed E-state index contributed by atoms with van der Waals surface area (Å²) in [4.78, 5) is 17.6. The Bertz CT molecular complexity index is 687. The van der Waals surface area contributed by atoms with Gasteiger partial charge in [-0.3, -0.25) is 4.79 Å². The molecule has 0 N–H and O–H groups in total. The van der Waals surface area contributed by atoms with Crippen LogP contribution >= 0.6 is 0 Å². The molecule has 0 spiro atoms. The first-order chi connectivity index (χ1) is 10.0. The van der Waals surface area contributed by atoms with Crippen LogP contribution in [0.1, 0.15) is 29.6 Å². The topological polar surface area (TPSA) is 59.2 Å². The molecule has 1 atom stereocenters. The standard InChI is InChI=1S/C14H13F2N3O2/c1-8-17-14(21-18-8)10-4-13(20)19(7-10)6-9-2-3-11(15)5-12(9)16/h2-3,5,10H,4,6-7H2,1H3. The molecule has 1 aliphatic rings. The number of hydrogen-bond donors (Lipinski definition) is 0. The van der Waals surface area contributed by atoms with E-state index >= 15 is 0 Å². The average Bonchev–Trinajstić information content (AvgIpc) is 3.00. The van der Waals surface area contributed by atoms with Crippen LogP contribution in [0.3, 0.4) is 0 Å². The summed E-state index contributed by atoms with van der Waals surface area (Å²) in [5.74, 6) is -0.645. The van der Waals surface area contributed by atoms with Crippen LogP contribution in [0.25, 0.3) is 0 Å². The van der Waals surface area contributed by atoms with Gasteiger partial charge in [0.2, 0.25) is 11.8 Å². The van der Waals surface area contributed by atoms with Gasteiger partial charge in [0.1, 0.15) is 11.6 Å². The normalized spacial score (nSPS) is 18.5. The van der Waals surface area contributed by atoms with Crippen molar-refractivity contribution in [3.8, 4) is 0 Å². The van der Waals surface area contributed by atoms with Crippen LogP contribution in [0.4, 0.5) is 8.78 Å². The second kappa shape index (κ2) is 5.23. The smallest absolute Gasteiger partial charge is 0.232 e. The third-order valence-electron chi connectivity index (χ3n) is 3.48. The van der Waals surface area contributed by atoms with Crippen molar-refractivity contribution < 1.29 is 18.1 Å². The second-order valence-electron chi connectivity index (χ2n) is 5.09. The van der Waals surface area contributed by atoms with Crippen molar-refractivity contribution in [2.45, 2.75) is 25.8 Å². The van der Waals surface area contributed by atoms with Crippen LogP contribution in [0.2, 0.25) is 0 Å². The highest BCUT2D eigenvalue weighted by atomic mass is 19.1. The van der Waals surface area contributed by atoms with Gasteiger partial charge in [0.05, 0.1) is 5.92 Å². The molecule has 7 heteroatoms.